The van der Waals surface area contributed by atoms with Gasteiger partial charge in [-0.25, -0.2) is 66.5 Å². The molecule has 0 amide bonds. The Morgan fingerprint density at radius 2 is 0.761 bits per heavy atom. The van der Waals surface area contributed by atoms with E-state index in [0.717, 1.165) is 63.5 Å². The maximum absolute atomic E-state index is 14.5. The van der Waals surface area contributed by atoms with Crippen molar-refractivity contribution in [2.45, 2.75) is 123 Å². The predicted octanol–water partition coefficient (Wildman–Crippen LogP) is -7.77. The molecular formula is C48H63N20O42P7. The molecule has 642 valence electrons. The molecule has 13 heterocycles. The minimum absolute atomic E-state index is 0.148. The van der Waals surface area contributed by atoms with Gasteiger partial charge in [0.25, 0.3) is 16.7 Å². The topological polar surface area (TPSA) is 915 Å². The average molecular weight is 1810 g/mol. The first-order valence-electron chi connectivity index (χ1n) is 32.5. The number of nitrogen functional groups attached to an aromatic ring is 4. The Morgan fingerprint density at radius 1 is 0.393 bits per heavy atom. The van der Waals surface area contributed by atoms with Gasteiger partial charge in [-0.3, -0.25) is 92.9 Å². The van der Waals surface area contributed by atoms with Gasteiger partial charge in [-0.05, 0) is 6.07 Å². The molecule has 8 aromatic rings. The highest BCUT2D eigenvalue weighted by Crippen LogP contribution is 2.67. The molecule has 0 spiro atoms. The van der Waals surface area contributed by atoms with Crippen LogP contribution in [0.25, 0.3) is 33.5 Å². The molecule has 13 rings (SSSR count). The molecule has 0 aliphatic carbocycles. The fourth-order valence-corrected chi connectivity index (χ4v) is 19.3. The van der Waals surface area contributed by atoms with Crippen molar-refractivity contribution >= 4 is 112 Å². The van der Waals surface area contributed by atoms with Gasteiger partial charge in [-0.15, -0.1) is 0 Å². The van der Waals surface area contributed by atoms with Crippen molar-refractivity contribution in [2.75, 3.05) is 56.0 Å². The SMILES string of the molecule is Nc1ccn([C@@H]2O[C@H](COP(=O)(O)O[C@H]3[C@@H](O)[C@H](n4ccc(=O)[nH]c4=O)O[C@@H]3COP(=O)(O)O[C@H]3[C@@H](O)[C@H](n4cnc5c(=O)[nH]c(N)nc54)O[C@@H]3COP(=O)(O)O[C@H]3[C@@H](O)[C@H](n4cnc5c(N)ncnc54)O[C@@H]3COP(=O)(O)O[C@H]3[C@@H](O)[C@H](n4cnc5c(=O)[nH]c(N)nc54)O[C@@H]3COP(=O)(O)OP(=O)(O)OP(=O)(O)O)[C@@H](O)[C@H]2O)c(=O)n1. The van der Waals surface area contributed by atoms with Gasteiger partial charge in [-0.1, -0.05) is 0 Å². The molecule has 25 N–H and O–H groups in total. The molecule has 62 nitrogen and oxygen atoms in total. The van der Waals surface area contributed by atoms with Gasteiger partial charge in [0, 0.05) is 18.5 Å². The number of nitrogens with zero attached hydrogens (tertiary/aromatic N) is 13. The summed E-state index contributed by atoms with van der Waals surface area (Å²) < 4.78 is 180. The summed E-state index contributed by atoms with van der Waals surface area (Å²) >= 11 is 0. The maximum atomic E-state index is 14.5. The van der Waals surface area contributed by atoms with Crippen LogP contribution in [0.3, 0.4) is 0 Å². The van der Waals surface area contributed by atoms with E-state index in [1.807, 2.05) is 4.98 Å². The van der Waals surface area contributed by atoms with Crippen LogP contribution in [-0.4, -0.2) is 272 Å². The molecule has 6 unspecified atom stereocenters. The fourth-order valence-electron chi connectivity index (χ4n) is 12.4. The fraction of sp³-hybridized carbons (Fsp3) is 0.521. The van der Waals surface area contributed by atoms with Crippen LogP contribution in [0.4, 0.5) is 23.5 Å². The van der Waals surface area contributed by atoms with Crippen LogP contribution in [0.15, 0.2) is 73.8 Å². The second-order valence-electron chi connectivity index (χ2n) is 25.2. The molecule has 8 aromatic heterocycles. The van der Waals surface area contributed by atoms with E-state index in [-0.39, 0.29) is 22.8 Å². The number of nitrogens with one attached hydrogen (secondary N) is 3. The van der Waals surface area contributed by atoms with Gasteiger partial charge in [-0.2, -0.15) is 23.6 Å². The summed E-state index contributed by atoms with van der Waals surface area (Å²) in [6.45, 7) is -7.07. The number of hydrogen-bond donors (Lipinski definition) is 21. The van der Waals surface area contributed by atoms with E-state index in [4.69, 9.17) is 92.6 Å². The Bertz CT molecular complexity index is 5770. The number of hydrogen-bond acceptors (Lipinski definition) is 46. The average Bonchev–Trinajstić information content (AvgIpc) is 1.62. The van der Waals surface area contributed by atoms with Gasteiger partial charge in [0.05, 0.1) is 52.0 Å². The summed E-state index contributed by atoms with van der Waals surface area (Å²) in [5.41, 5.74) is 15.5. The Balaban J connectivity index is 0.742. The number of anilines is 4. The quantitative estimate of drug-likeness (QED) is 0.0174. The molecule has 69 heteroatoms. The number of rotatable bonds is 32. The lowest BCUT2D eigenvalue weighted by Gasteiger charge is -2.27. The van der Waals surface area contributed by atoms with Crippen LogP contribution in [0.5, 0.6) is 0 Å². The highest BCUT2D eigenvalue weighted by Gasteiger charge is 2.57. The first-order valence-corrected chi connectivity index (χ1v) is 43.0. The second kappa shape index (κ2) is 33.1. The lowest BCUT2D eigenvalue weighted by Crippen LogP contribution is -2.39. The molecule has 5 aliphatic heterocycles. The zero-order chi connectivity index (χ0) is 84.9. The summed E-state index contributed by atoms with van der Waals surface area (Å²) in [5, 5.41) is 69.0. The summed E-state index contributed by atoms with van der Waals surface area (Å²) in [5.74, 6) is -1.59. The molecule has 0 aromatic carbocycles. The normalized spacial score (nSPS) is 31.5. The lowest BCUT2D eigenvalue weighted by molar-refractivity contribution is -0.0655. The van der Waals surface area contributed by atoms with Crippen molar-refractivity contribution in [1.82, 2.24) is 77.7 Å². The van der Waals surface area contributed by atoms with Crippen molar-refractivity contribution < 1.29 is 175 Å². The van der Waals surface area contributed by atoms with E-state index in [1.54, 1.807) is 0 Å². The van der Waals surface area contributed by atoms with Gasteiger partial charge in [0.15, 0.2) is 64.9 Å². The van der Waals surface area contributed by atoms with Gasteiger partial charge in [0.2, 0.25) is 11.9 Å². The second-order valence-corrected chi connectivity index (χ2v) is 35.2. The largest absolute Gasteiger partial charge is 0.490 e. The summed E-state index contributed by atoms with van der Waals surface area (Å²) in [7, 11) is -42.0. The molecular weight excluding hydrogens is 1750 g/mol. The highest BCUT2D eigenvalue weighted by atomic mass is 31.3. The van der Waals surface area contributed by atoms with Gasteiger partial charge >= 0.3 is 66.1 Å². The third-order valence-electron chi connectivity index (χ3n) is 17.4. The standard InChI is InChI=1S/C48H63N20O42P7/c49-19-1-3-64(47(78)58-19)40-25(71)24(70)14(100-40)5-95-112(83,84)105-30-15(101-41(26(30)72)65-4-2-20(69)59-48(65)79)6-96-113(85,86)107-32-17(103-43(28(32)74)67-12-56-22-36(67)60-45(51)62-38(22)76)8-98-114(87,88)106-31-16(102-42(27(31)73)66-11-55-21-34(50)53-10-54-35(21)66)7-97-115(89,90)108-33-18(9-99-116(91,92)110-117(93,94)109-111(80,81)82)104-44(29(33)75)68-13-57-23-37(68)61-46(52)63-39(23)77/h1-4,10-18,24-33,40-44,70-75H,5-9H2,(H,83,84)(H,85,86)(H,87,88)(H,89,90)(H,91,92)(H,93,94)(H2,49,58,78)(H2,50,53,54)(H,59,69,79)(H2,80,81,82)(H3,51,60,62,76)(H3,52,61,63,77)/t14-,15-,16-,17-,18-,24-,25-,26-,27-,28-,29-,30-,31-,32-,33-,40-,41-,42-,43-,44-/m1/s1. The highest BCUT2D eigenvalue weighted by molar-refractivity contribution is 7.66. The van der Waals surface area contributed by atoms with Crippen molar-refractivity contribution in [1.29, 1.82) is 0 Å². The van der Waals surface area contributed by atoms with E-state index in [0.29, 0.717) is 9.13 Å². The van der Waals surface area contributed by atoms with Crippen molar-refractivity contribution in [3.8, 4) is 0 Å². The Hall–Kier alpha value is -7.58. The molecule has 5 saturated heterocycles. The molecule has 0 saturated carbocycles. The Labute approximate surface area is 642 Å². The first-order chi connectivity index (χ1) is 54.6. The minimum Gasteiger partial charge on any atom is -0.387 e. The minimum atomic E-state index is -6.20. The van der Waals surface area contributed by atoms with Crippen molar-refractivity contribution in [3.63, 3.8) is 0 Å². The van der Waals surface area contributed by atoms with E-state index in [2.05, 4.69) is 63.0 Å². The van der Waals surface area contributed by atoms with E-state index in [9.17, 15) is 116 Å². The van der Waals surface area contributed by atoms with Crippen molar-refractivity contribution in [2.24, 2.45) is 0 Å². The van der Waals surface area contributed by atoms with Gasteiger partial charge < -0.3 is 116 Å². The van der Waals surface area contributed by atoms with Crippen LogP contribution in [0.1, 0.15) is 31.1 Å². The number of aliphatic hydroxyl groups is 6. The monoisotopic (exact) mass is 1810 g/mol. The van der Waals surface area contributed by atoms with E-state index in [1.165, 1.54) is 0 Å². The number of phosphoric ester groups is 5. The Kier molecular flexibility index (Phi) is 24.7. The summed E-state index contributed by atoms with van der Waals surface area (Å²) in [4.78, 5) is 184. The maximum Gasteiger partial charge on any atom is 0.490 e. The molecule has 117 heavy (non-hydrogen) atoms. The number of aromatic amines is 3. The number of fused-ring (bicyclic) bond motifs is 3. The van der Waals surface area contributed by atoms with Gasteiger partial charge in [0.1, 0.15) is 109 Å². The van der Waals surface area contributed by atoms with Crippen LogP contribution in [-0.2, 0) is 105 Å². The zero-order valence-corrected chi connectivity index (χ0v) is 63.9. The first kappa shape index (κ1) is 87.2. The molecule has 0 bridgehead atoms. The third-order valence-corrected chi connectivity index (χ3v) is 25.1. The number of ether oxygens (including phenoxy) is 5. The Morgan fingerprint density at radius 3 is 1.17 bits per heavy atom. The number of nitrogens with two attached hydrogens (primary N) is 4. The molecule has 0 radical (unpaired) electrons. The van der Waals surface area contributed by atoms with E-state index >= 15 is 0 Å². The number of phosphoric acid groups is 7. The smallest absolute Gasteiger partial charge is 0.387 e. The van der Waals surface area contributed by atoms with Crippen LogP contribution in [0, 0.1) is 0 Å². The zero-order valence-electron chi connectivity index (χ0n) is 57.6. The molecule has 5 fully saturated rings. The lowest BCUT2D eigenvalue weighted by atomic mass is 10.1. The number of imidazole rings is 3. The van der Waals surface area contributed by atoms with E-state index < -0.39 is 273 Å². The summed E-state index contributed by atoms with van der Waals surface area (Å²) in [6.07, 6.45) is -37.8. The van der Waals surface area contributed by atoms with Crippen LogP contribution >= 0.6 is 54.8 Å². The predicted molar refractivity (Wildman–Crippen MR) is 367 cm³/mol. The van der Waals surface area contributed by atoms with Crippen LogP contribution < -0.4 is 51.0 Å². The van der Waals surface area contributed by atoms with Crippen LogP contribution in [0.2, 0.25) is 0 Å². The molecule has 26 atom stereocenters. The molecule has 5 aliphatic rings. The number of aliphatic hydroxyl groups excluding tert-OH is 6. The number of aromatic nitrogens is 16. The summed E-state index contributed by atoms with van der Waals surface area (Å²) in [6, 6.07) is 1.89. The third kappa shape index (κ3) is 19.1. The number of H-pyrrole nitrogens is 3. The van der Waals surface area contributed by atoms with Crippen molar-refractivity contribution in [3.05, 3.63) is 102 Å².